The summed E-state index contributed by atoms with van der Waals surface area (Å²) in [5.74, 6) is -0.911. The van der Waals surface area contributed by atoms with Gasteiger partial charge in [-0.15, -0.1) is 0 Å². The molecule has 1 unspecified atom stereocenters. The first-order valence-electron chi connectivity index (χ1n) is 23.6. The number of esters is 3. The first kappa shape index (κ1) is 53.4. The molecule has 0 saturated carbocycles. The summed E-state index contributed by atoms with van der Waals surface area (Å²) >= 11 is 0. The molecule has 0 spiro atoms. The summed E-state index contributed by atoms with van der Waals surface area (Å²) in [6.07, 6.45) is 52.3. The van der Waals surface area contributed by atoms with Crippen LogP contribution in [0.15, 0.2) is 48.6 Å². The zero-order valence-electron chi connectivity index (χ0n) is 36.9. The second-order valence-electron chi connectivity index (χ2n) is 15.7. The highest BCUT2D eigenvalue weighted by atomic mass is 16.6. The number of hydrogen-bond donors (Lipinski definition) is 0. The van der Waals surface area contributed by atoms with Crippen LogP contribution in [0.3, 0.4) is 0 Å². The minimum Gasteiger partial charge on any atom is -0.462 e. The predicted molar refractivity (Wildman–Crippen MR) is 238 cm³/mol. The second kappa shape index (κ2) is 45.1. The van der Waals surface area contributed by atoms with Crippen molar-refractivity contribution in [1.82, 2.24) is 0 Å². The van der Waals surface area contributed by atoms with E-state index < -0.39 is 6.10 Å². The van der Waals surface area contributed by atoms with Crippen molar-refractivity contribution in [1.29, 1.82) is 0 Å². The van der Waals surface area contributed by atoms with Gasteiger partial charge in [0.15, 0.2) is 6.10 Å². The molecule has 0 radical (unpaired) electrons. The Morgan fingerprint density at radius 1 is 0.357 bits per heavy atom. The lowest BCUT2D eigenvalue weighted by Crippen LogP contribution is -2.30. The number of unbranched alkanes of at least 4 members (excludes halogenated alkanes) is 23. The maximum absolute atomic E-state index is 12.7. The van der Waals surface area contributed by atoms with Crippen molar-refractivity contribution in [2.75, 3.05) is 13.2 Å². The van der Waals surface area contributed by atoms with Crippen LogP contribution >= 0.6 is 0 Å². The summed E-state index contributed by atoms with van der Waals surface area (Å²) in [5, 5.41) is 0. The lowest BCUT2D eigenvalue weighted by Gasteiger charge is -2.18. The van der Waals surface area contributed by atoms with E-state index in [0.717, 1.165) is 103 Å². The van der Waals surface area contributed by atoms with Crippen LogP contribution in [0.1, 0.15) is 233 Å². The number of carbonyl (C=O) groups excluding carboxylic acids is 3. The average Bonchev–Trinajstić information content (AvgIpc) is 3.19. The van der Waals surface area contributed by atoms with E-state index in [9.17, 15) is 14.4 Å². The highest BCUT2D eigenvalue weighted by Crippen LogP contribution is 2.14. The number of hydrogen-bond acceptors (Lipinski definition) is 6. The summed E-state index contributed by atoms with van der Waals surface area (Å²) in [7, 11) is 0. The minimum atomic E-state index is -0.781. The molecule has 56 heavy (non-hydrogen) atoms. The van der Waals surface area contributed by atoms with Crippen LogP contribution in [0.5, 0.6) is 0 Å². The van der Waals surface area contributed by atoms with E-state index in [-0.39, 0.29) is 31.1 Å². The quantitative estimate of drug-likeness (QED) is 0.0265. The lowest BCUT2D eigenvalue weighted by molar-refractivity contribution is -0.167. The molecule has 0 amide bonds. The number of ether oxygens (including phenoxy) is 3. The normalized spacial score (nSPS) is 12.4. The summed E-state index contributed by atoms with van der Waals surface area (Å²) in [4.78, 5) is 37.8. The van der Waals surface area contributed by atoms with Gasteiger partial charge in [-0.3, -0.25) is 14.4 Å². The van der Waals surface area contributed by atoms with Crippen molar-refractivity contribution in [2.24, 2.45) is 0 Å². The second-order valence-corrected chi connectivity index (χ2v) is 15.7. The van der Waals surface area contributed by atoms with Crippen LogP contribution in [0.2, 0.25) is 0 Å². The molecule has 0 aromatic carbocycles. The Labute approximate surface area is 346 Å². The zero-order valence-corrected chi connectivity index (χ0v) is 36.9. The molecule has 0 aliphatic rings. The Kier molecular flexibility index (Phi) is 43.0. The van der Waals surface area contributed by atoms with Gasteiger partial charge in [-0.2, -0.15) is 0 Å². The van der Waals surface area contributed by atoms with Crippen molar-refractivity contribution in [3.63, 3.8) is 0 Å². The van der Waals surface area contributed by atoms with Gasteiger partial charge in [-0.1, -0.05) is 191 Å². The van der Waals surface area contributed by atoms with Gasteiger partial charge < -0.3 is 14.2 Å². The summed E-state index contributed by atoms with van der Waals surface area (Å²) in [6.45, 7) is 6.51. The molecule has 0 fully saturated rings. The molecule has 0 heterocycles. The molecule has 6 nitrogen and oxygen atoms in total. The molecule has 0 aromatic rings. The maximum Gasteiger partial charge on any atom is 0.306 e. The first-order chi connectivity index (χ1) is 27.5. The fourth-order valence-corrected chi connectivity index (χ4v) is 6.41. The minimum absolute atomic E-state index is 0.0821. The van der Waals surface area contributed by atoms with Crippen LogP contribution in [-0.4, -0.2) is 37.2 Å². The molecule has 1 atom stereocenters. The molecule has 0 rings (SSSR count). The van der Waals surface area contributed by atoms with E-state index in [1.165, 1.54) is 89.9 Å². The van der Waals surface area contributed by atoms with Gasteiger partial charge in [0.25, 0.3) is 0 Å². The van der Waals surface area contributed by atoms with Gasteiger partial charge in [0.1, 0.15) is 13.2 Å². The molecular weight excluding hydrogens is 697 g/mol. The van der Waals surface area contributed by atoms with Crippen molar-refractivity contribution in [3.8, 4) is 0 Å². The smallest absolute Gasteiger partial charge is 0.306 e. The van der Waals surface area contributed by atoms with E-state index in [4.69, 9.17) is 14.2 Å². The third kappa shape index (κ3) is 42.5. The van der Waals surface area contributed by atoms with Gasteiger partial charge in [0.05, 0.1) is 0 Å². The van der Waals surface area contributed by atoms with E-state index in [1.54, 1.807) is 0 Å². The Morgan fingerprint density at radius 3 is 1.04 bits per heavy atom. The highest BCUT2D eigenvalue weighted by Gasteiger charge is 2.19. The summed E-state index contributed by atoms with van der Waals surface area (Å²) in [5.41, 5.74) is 0. The Morgan fingerprint density at radius 2 is 0.661 bits per heavy atom. The van der Waals surface area contributed by atoms with Gasteiger partial charge in [0.2, 0.25) is 0 Å². The monoisotopic (exact) mass is 785 g/mol. The van der Waals surface area contributed by atoms with Crippen molar-refractivity contribution < 1.29 is 28.6 Å². The fourth-order valence-electron chi connectivity index (χ4n) is 6.41. The van der Waals surface area contributed by atoms with Crippen molar-refractivity contribution in [2.45, 2.75) is 239 Å². The Bertz CT molecular complexity index is 996. The van der Waals surface area contributed by atoms with Crippen LogP contribution in [0.4, 0.5) is 0 Å². The predicted octanol–water partition coefficient (Wildman–Crippen LogP) is 15.1. The van der Waals surface area contributed by atoms with Crippen LogP contribution in [-0.2, 0) is 28.6 Å². The third-order valence-corrected chi connectivity index (χ3v) is 10.1. The molecule has 0 aromatic heterocycles. The Hall–Kier alpha value is -2.63. The van der Waals surface area contributed by atoms with Gasteiger partial charge in [-0.25, -0.2) is 0 Å². The van der Waals surface area contributed by atoms with Gasteiger partial charge in [0, 0.05) is 19.3 Å². The van der Waals surface area contributed by atoms with Crippen LogP contribution < -0.4 is 0 Å². The highest BCUT2D eigenvalue weighted by molar-refractivity contribution is 5.71. The van der Waals surface area contributed by atoms with Crippen molar-refractivity contribution >= 4 is 17.9 Å². The van der Waals surface area contributed by atoms with Gasteiger partial charge >= 0.3 is 17.9 Å². The zero-order chi connectivity index (χ0) is 40.8. The van der Waals surface area contributed by atoms with E-state index in [2.05, 4.69) is 69.4 Å². The van der Waals surface area contributed by atoms with Crippen LogP contribution in [0, 0.1) is 0 Å². The van der Waals surface area contributed by atoms with Crippen molar-refractivity contribution in [3.05, 3.63) is 48.6 Å². The lowest BCUT2D eigenvalue weighted by atomic mass is 10.1. The molecular formula is C50H88O6. The molecule has 0 bridgehead atoms. The topological polar surface area (TPSA) is 78.9 Å². The standard InChI is InChI=1S/C50H88O6/c1-4-7-10-13-16-19-22-24-26-28-31-34-37-40-43-49(52)55-46-47(45-54-48(51)42-39-36-33-30-21-18-15-12-9-6-3)56-50(53)44-41-38-35-32-29-27-25-23-20-17-14-11-8-5-2/h13-14,16-17,22-25,47H,4-12,15,18-21,26-46H2,1-3H3/b16-13-,17-14-,24-22-,25-23-. The van der Waals surface area contributed by atoms with Gasteiger partial charge in [-0.05, 0) is 70.6 Å². The number of carbonyl (C=O) groups is 3. The first-order valence-corrected chi connectivity index (χ1v) is 23.6. The SMILES string of the molecule is CCCC/C=C\C/C=C\CCCCCCCC(=O)OCC(COC(=O)CCCCCCCCCCCC)OC(=O)CCCCCCC/C=C\C/C=C\CCCC. The van der Waals surface area contributed by atoms with E-state index in [0.29, 0.717) is 19.3 Å². The van der Waals surface area contributed by atoms with Crippen LogP contribution in [0.25, 0.3) is 0 Å². The molecule has 0 N–H and O–H groups in total. The number of rotatable bonds is 42. The maximum atomic E-state index is 12.7. The summed E-state index contributed by atoms with van der Waals surface area (Å²) in [6, 6.07) is 0. The third-order valence-electron chi connectivity index (χ3n) is 10.1. The fraction of sp³-hybridized carbons (Fsp3) is 0.780. The average molecular weight is 785 g/mol. The largest absolute Gasteiger partial charge is 0.462 e. The molecule has 0 aliphatic heterocycles. The summed E-state index contributed by atoms with van der Waals surface area (Å²) < 4.78 is 16.7. The molecule has 6 heteroatoms. The van der Waals surface area contributed by atoms with E-state index >= 15 is 0 Å². The molecule has 0 saturated heterocycles. The van der Waals surface area contributed by atoms with E-state index in [1.807, 2.05) is 0 Å². The molecule has 324 valence electrons. The Balaban J connectivity index is 4.41. The number of allylic oxidation sites excluding steroid dienone is 8. The molecule has 0 aliphatic carbocycles.